The first-order valence-electron chi connectivity index (χ1n) is 9.20. The van der Waals surface area contributed by atoms with Gasteiger partial charge in [0.2, 0.25) is 0 Å². The fourth-order valence-corrected chi connectivity index (χ4v) is 2.89. The molecule has 8 heteroatoms. The number of hydrogen-bond donors (Lipinski definition) is 3. The summed E-state index contributed by atoms with van der Waals surface area (Å²) in [4.78, 5) is 22.3. The first-order valence-corrected chi connectivity index (χ1v) is 9.20. The second kappa shape index (κ2) is 10.4. The minimum absolute atomic E-state index is 0.0373. The minimum atomic E-state index is -0.448. The predicted octanol–water partition coefficient (Wildman–Crippen LogP) is 2.22. The van der Waals surface area contributed by atoms with Crippen molar-refractivity contribution in [3.8, 4) is 0 Å². The highest BCUT2D eigenvalue weighted by Crippen LogP contribution is 2.17. The molecule has 0 saturated heterocycles. The number of quaternary nitrogens is 1. The summed E-state index contributed by atoms with van der Waals surface area (Å²) in [5, 5.41) is 18.5. The van der Waals surface area contributed by atoms with E-state index in [1.807, 2.05) is 5.32 Å². The molecule has 2 rings (SSSR count). The molecule has 7 nitrogen and oxygen atoms in total. The summed E-state index contributed by atoms with van der Waals surface area (Å²) in [5.74, 6) is -0.0650. The number of carbonyl (C=O) groups is 1. The zero-order valence-electron chi connectivity index (χ0n) is 16.0. The summed E-state index contributed by atoms with van der Waals surface area (Å²) in [5.41, 5.74) is 1.78. The number of halogens is 1. The molecule has 0 saturated carbocycles. The Bertz CT molecular complexity index is 779. The van der Waals surface area contributed by atoms with E-state index in [1.54, 1.807) is 24.3 Å². The zero-order chi connectivity index (χ0) is 20.5. The number of nitrogens with one attached hydrogen (secondary N) is 2. The Labute approximate surface area is 163 Å². The molecule has 0 spiro atoms. The molecule has 150 valence electrons. The number of non-ortho nitro benzene ring substituents is 1. The van der Waals surface area contributed by atoms with E-state index in [9.17, 15) is 19.3 Å². The van der Waals surface area contributed by atoms with Gasteiger partial charge in [0.25, 0.3) is 11.6 Å². The van der Waals surface area contributed by atoms with Gasteiger partial charge in [0.15, 0.2) is 6.54 Å². The van der Waals surface area contributed by atoms with Gasteiger partial charge in [-0.25, -0.2) is 4.39 Å². The maximum Gasteiger partial charge on any atom is 0.275 e. The number of anilines is 1. The van der Waals surface area contributed by atoms with Crippen LogP contribution in [0.15, 0.2) is 48.5 Å². The van der Waals surface area contributed by atoms with E-state index in [1.165, 1.54) is 24.3 Å². The van der Waals surface area contributed by atoms with Crippen LogP contribution in [0.2, 0.25) is 0 Å². The SMILES string of the molecule is CC(C)[C@H]([NH2+]CC(=O)NCCNc1ccc([N+](=O)[O-])cc1)c1ccc(F)cc1. The lowest BCUT2D eigenvalue weighted by molar-refractivity contribution is -0.692. The summed E-state index contributed by atoms with van der Waals surface area (Å²) < 4.78 is 13.1. The highest BCUT2D eigenvalue weighted by atomic mass is 19.1. The van der Waals surface area contributed by atoms with Crippen LogP contribution in [-0.2, 0) is 4.79 Å². The Hall–Kier alpha value is -3.00. The van der Waals surface area contributed by atoms with Gasteiger partial charge in [-0.2, -0.15) is 0 Å². The van der Waals surface area contributed by atoms with Gasteiger partial charge in [-0.05, 0) is 24.3 Å². The Morgan fingerprint density at radius 1 is 1.11 bits per heavy atom. The number of benzene rings is 2. The normalized spacial score (nSPS) is 11.9. The van der Waals surface area contributed by atoms with Crippen molar-refractivity contribution in [1.82, 2.24) is 5.32 Å². The molecule has 0 fully saturated rings. The molecule has 4 N–H and O–H groups in total. The van der Waals surface area contributed by atoms with Crippen LogP contribution in [0.1, 0.15) is 25.5 Å². The average molecular weight is 389 g/mol. The third-order valence-electron chi connectivity index (χ3n) is 4.38. The maximum atomic E-state index is 13.1. The van der Waals surface area contributed by atoms with Crippen molar-refractivity contribution in [1.29, 1.82) is 0 Å². The molecule has 0 radical (unpaired) electrons. The molecule has 0 aromatic heterocycles. The maximum absolute atomic E-state index is 13.1. The van der Waals surface area contributed by atoms with Gasteiger partial charge < -0.3 is 16.0 Å². The number of carbonyl (C=O) groups excluding carboxylic acids is 1. The number of rotatable bonds is 10. The smallest absolute Gasteiger partial charge is 0.275 e. The Kier molecular flexibility index (Phi) is 7.88. The Morgan fingerprint density at radius 2 is 1.75 bits per heavy atom. The van der Waals surface area contributed by atoms with Crippen LogP contribution in [0.4, 0.5) is 15.8 Å². The fraction of sp³-hybridized carbons (Fsp3) is 0.350. The highest BCUT2D eigenvalue weighted by molar-refractivity contribution is 5.76. The number of nitro groups is 1. The fourth-order valence-electron chi connectivity index (χ4n) is 2.89. The van der Waals surface area contributed by atoms with Crippen LogP contribution in [-0.4, -0.2) is 30.5 Å². The van der Waals surface area contributed by atoms with Crippen LogP contribution in [0, 0.1) is 21.8 Å². The lowest BCUT2D eigenvalue weighted by Gasteiger charge is -2.19. The second-order valence-electron chi connectivity index (χ2n) is 6.84. The molecule has 0 aliphatic rings. The van der Waals surface area contributed by atoms with E-state index >= 15 is 0 Å². The first-order chi connectivity index (χ1) is 13.4. The van der Waals surface area contributed by atoms with Crippen molar-refractivity contribution in [2.24, 2.45) is 5.92 Å². The minimum Gasteiger partial charge on any atom is -0.383 e. The molecule has 28 heavy (non-hydrogen) atoms. The van der Waals surface area contributed by atoms with Crippen molar-refractivity contribution in [2.75, 3.05) is 25.0 Å². The van der Waals surface area contributed by atoms with Gasteiger partial charge in [0.05, 0.1) is 4.92 Å². The van der Waals surface area contributed by atoms with Crippen LogP contribution in [0.5, 0.6) is 0 Å². The molecule has 0 bridgehead atoms. The molecule has 2 aromatic rings. The average Bonchev–Trinajstić information content (AvgIpc) is 2.67. The number of hydrogen-bond acceptors (Lipinski definition) is 4. The van der Waals surface area contributed by atoms with E-state index in [2.05, 4.69) is 24.5 Å². The zero-order valence-corrected chi connectivity index (χ0v) is 16.0. The topological polar surface area (TPSA) is 101 Å². The molecule has 1 amide bonds. The summed E-state index contributed by atoms with van der Waals surface area (Å²) in [6, 6.07) is 12.6. The van der Waals surface area contributed by atoms with Crippen LogP contribution in [0.25, 0.3) is 0 Å². The molecule has 0 unspecified atom stereocenters. The van der Waals surface area contributed by atoms with Gasteiger partial charge in [0, 0.05) is 42.4 Å². The Balaban J connectivity index is 1.72. The molecule has 0 aliphatic carbocycles. The van der Waals surface area contributed by atoms with Gasteiger partial charge >= 0.3 is 0 Å². The third-order valence-corrected chi connectivity index (χ3v) is 4.38. The van der Waals surface area contributed by atoms with Crippen LogP contribution < -0.4 is 16.0 Å². The lowest BCUT2D eigenvalue weighted by Crippen LogP contribution is -2.88. The number of nitrogens with two attached hydrogens (primary N) is 1. The van der Waals surface area contributed by atoms with E-state index < -0.39 is 4.92 Å². The molecule has 2 aromatic carbocycles. The summed E-state index contributed by atoms with van der Waals surface area (Å²) in [7, 11) is 0. The van der Waals surface area contributed by atoms with Gasteiger partial charge in [-0.1, -0.05) is 26.0 Å². The number of amides is 1. The third kappa shape index (κ3) is 6.62. The van der Waals surface area contributed by atoms with E-state index in [0.29, 0.717) is 19.0 Å². The summed E-state index contributed by atoms with van der Waals surface area (Å²) in [6.45, 7) is 5.35. The van der Waals surface area contributed by atoms with Crippen molar-refractivity contribution in [3.05, 3.63) is 70.0 Å². The molecule has 0 aliphatic heterocycles. The van der Waals surface area contributed by atoms with E-state index in [-0.39, 0.29) is 30.0 Å². The quantitative estimate of drug-likeness (QED) is 0.329. The standard InChI is InChI=1S/C20H25FN4O3/c1-14(2)20(15-3-5-16(21)6-4-15)24-13-19(26)23-12-11-22-17-7-9-18(10-8-17)25(27)28/h3-10,14,20,22,24H,11-13H2,1-2H3,(H,23,26)/p+1/t20-/m0/s1. The van der Waals surface area contributed by atoms with Gasteiger partial charge in [0.1, 0.15) is 11.9 Å². The van der Waals surface area contributed by atoms with Crippen molar-refractivity contribution in [3.63, 3.8) is 0 Å². The van der Waals surface area contributed by atoms with Crippen LogP contribution in [0.3, 0.4) is 0 Å². The van der Waals surface area contributed by atoms with Crippen LogP contribution >= 0.6 is 0 Å². The summed E-state index contributed by atoms with van der Waals surface area (Å²) in [6.07, 6.45) is 0. The molecule has 1 atom stereocenters. The van der Waals surface area contributed by atoms with E-state index in [0.717, 1.165) is 11.3 Å². The van der Waals surface area contributed by atoms with Crippen molar-refractivity contribution < 1.29 is 19.4 Å². The second-order valence-corrected chi connectivity index (χ2v) is 6.84. The number of nitro benzene ring substituents is 1. The molecular weight excluding hydrogens is 363 g/mol. The lowest BCUT2D eigenvalue weighted by atomic mass is 9.96. The van der Waals surface area contributed by atoms with Gasteiger partial charge in [-0.15, -0.1) is 0 Å². The number of nitrogens with zero attached hydrogens (tertiary/aromatic N) is 1. The summed E-state index contributed by atoms with van der Waals surface area (Å²) >= 11 is 0. The molecular formula is C20H26FN4O3+. The molecule has 0 heterocycles. The van der Waals surface area contributed by atoms with E-state index in [4.69, 9.17) is 0 Å². The highest BCUT2D eigenvalue weighted by Gasteiger charge is 2.20. The first kappa shape index (κ1) is 21.3. The van der Waals surface area contributed by atoms with Crippen molar-refractivity contribution in [2.45, 2.75) is 19.9 Å². The largest absolute Gasteiger partial charge is 0.383 e. The van der Waals surface area contributed by atoms with Gasteiger partial charge in [-0.3, -0.25) is 14.9 Å². The predicted molar refractivity (Wildman–Crippen MR) is 105 cm³/mol. The Morgan fingerprint density at radius 3 is 2.32 bits per heavy atom. The van der Waals surface area contributed by atoms with Crippen molar-refractivity contribution >= 4 is 17.3 Å². The monoisotopic (exact) mass is 389 g/mol.